The molecule has 0 spiro atoms. The minimum atomic E-state index is -3.55. The molecule has 1 aliphatic rings. The van der Waals surface area contributed by atoms with Gasteiger partial charge in [-0.15, -0.1) is 0 Å². The molecule has 0 atom stereocenters. The molecule has 0 bridgehead atoms. The molecule has 1 fully saturated rings. The SMILES string of the molecule is O=C(Oc1ccccc1)N1CCC(CNS(=O)(=O)c2cccnc2)CC1. The molecule has 1 aliphatic heterocycles. The van der Waals surface area contributed by atoms with Crippen LogP contribution < -0.4 is 9.46 Å². The van der Waals surface area contributed by atoms with E-state index in [1.165, 1.54) is 18.5 Å². The van der Waals surface area contributed by atoms with Crippen LogP contribution in [-0.4, -0.2) is 44.0 Å². The highest BCUT2D eigenvalue weighted by Crippen LogP contribution is 2.19. The van der Waals surface area contributed by atoms with Crippen molar-refractivity contribution in [3.8, 4) is 5.75 Å². The summed E-state index contributed by atoms with van der Waals surface area (Å²) in [6.45, 7) is 1.44. The van der Waals surface area contributed by atoms with E-state index >= 15 is 0 Å². The maximum Gasteiger partial charge on any atom is 0.415 e. The molecule has 1 aromatic carbocycles. The van der Waals surface area contributed by atoms with E-state index in [1.807, 2.05) is 18.2 Å². The first-order valence-electron chi connectivity index (χ1n) is 8.46. The monoisotopic (exact) mass is 375 g/mol. The smallest absolute Gasteiger partial charge is 0.410 e. The van der Waals surface area contributed by atoms with Gasteiger partial charge in [-0.1, -0.05) is 18.2 Å². The summed E-state index contributed by atoms with van der Waals surface area (Å²) in [4.78, 5) is 17.8. The number of nitrogens with zero attached hydrogens (tertiary/aromatic N) is 2. The van der Waals surface area contributed by atoms with Gasteiger partial charge in [-0.25, -0.2) is 17.9 Å². The third kappa shape index (κ3) is 4.80. The Hall–Kier alpha value is -2.45. The van der Waals surface area contributed by atoms with Gasteiger partial charge >= 0.3 is 6.09 Å². The van der Waals surface area contributed by atoms with Gasteiger partial charge in [0.2, 0.25) is 10.0 Å². The number of hydrogen-bond donors (Lipinski definition) is 1. The number of para-hydroxylation sites is 1. The fourth-order valence-electron chi connectivity index (χ4n) is 2.79. The number of aromatic nitrogens is 1. The van der Waals surface area contributed by atoms with Gasteiger partial charge in [0.05, 0.1) is 0 Å². The number of piperidine rings is 1. The number of ether oxygens (including phenoxy) is 1. The number of benzene rings is 1. The van der Waals surface area contributed by atoms with Crippen LogP contribution in [-0.2, 0) is 10.0 Å². The largest absolute Gasteiger partial charge is 0.415 e. The van der Waals surface area contributed by atoms with E-state index < -0.39 is 10.0 Å². The van der Waals surface area contributed by atoms with Crippen LogP contribution in [0.1, 0.15) is 12.8 Å². The first-order valence-corrected chi connectivity index (χ1v) is 9.94. The lowest BCUT2D eigenvalue weighted by molar-refractivity contribution is 0.131. The lowest BCUT2D eigenvalue weighted by atomic mass is 9.97. The van der Waals surface area contributed by atoms with Crippen molar-refractivity contribution in [3.05, 3.63) is 54.9 Å². The van der Waals surface area contributed by atoms with Gasteiger partial charge in [0.1, 0.15) is 10.6 Å². The van der Waals surface area contributed by atoms with Crippen molar-refractivity contribution in [2.24, 2.45) is 5.92 Å². The number of nitrogens with one attached hydrogen (secondary N) is 1. The van der Waals surface area contributed by atoms with E-state index in [0.29, 0.717) is 25.4 Å². The van der Waals surface area contributed by atoms with Gasteiger partial charge in [0, 0.05) is 32.0 Å². The fourth-order valence-corrected chi connectivity index (χ4v) is 3.87. The molecule has 0 aliphatic carbocycles. The van der Waals surface area contributed by atoms with E-state index in [1.54, 1.807) is 23.1 Å². The first kappa shape index (κ1) is 18.3. The molecule has 0 radical (unpaired) electrons. The average molecular weight is 375 g/mol. The van der Waals surface area contributed by atoms with Crippen LogP contribution in [0.2, 0.25) is 0 Å². The number of likely N-dealkylation sites (tertiary alicyclic amines) is 1. The quantitative estimate of drug-likeness (QED) is 0.866. The number of rotatable bonds is 5. The van der Waals surface area contributed by atoms with Crippen LogP contribution in [0.5, 0.6) is 5.75 Å². The zero-order valence-corrected chi connectivity index (χ0v) is 15.1. The number of amides is 1. The molecule has 0 unspecified atom stereocenters. The molecular formula is C18H21N3O4S. The molecule has 2 aromatic rings. The summed E-state index contributed by atoms with van der Waals surface area (Å²) in [5, 5.41) is 0. The molecule has 26 heavy (non-hydrogen) atoms. The van der Waals surface area contributed by atoms with E-state index in [4.69, 9.17) is 4.74 Å². The summed E-state index contributed by atoms with van der Waals surface area (Å²) < 4.78 is 32.4. The van der Waals surface area contributed by atoms with Crippen LogP contribution in [0.3, 0.4) is 0 Å². The molecule has 2 heterocycles. The highest BCUT2D eigenvalue weighted by Gasteiger charge is 2.25. The summed E-state index contributed by atoms with van der Waals surface area (Å²) in [7, 11) is -3.55. The lowest BCUT2D eigenvalue weighted by Gasteiger charge is -2.31. The summed E-state index contributed by atoms with van der Waals surface area (Å²) >= 11 is 0. The fraction of sp³-hybridized carbons (Fsp3) is 0.333. The van der Waals surface area contributed by atoms with Crippen molar-refractivity contribution >= 4 is 16.1 Å². The standard InChI is InChI=1S/C18H21N3O4S/c22-18(25-16-5-2-1-3-6-16)21-11-8-15(9-12-21)13-20-26(23,24)17-7-4-10-19-14-17/h1-7,10,14-15,20H,8-9,11-13H2. The minimum absolute atomic E-state index is 0.156. The van der Waals surface area contributed by atoms with E-state index in [0.717, 1.165) is 12.8 Å². The van der Waals surface area contributed by atoms with E-state index in [-0.39, 0.29) is 16.9 Å². The molecule has 138 valence electrons. The Labute approximate surface area is 153 Å². The molecule has 1 saturated heterocycles. The van der Waals surface area contributed by atoms with Crippen LogP contribution >= 0.6 is 0 Å². The maximum atomic E-state index is 12.2. The van der Waals surface area contributed by atoms with Crippen molar-refractivity contribution < 1.29 is 17.9 Å². The molecule has 0 saturated carbocycles. The highest BCUT2D eigenvalue weighted by atomic mass is 32.2. The Bertz CT molecular complexity index is 820. The first-order chi connectivity index (χ1) is 12.5. The Morgan fingerprint density at radius 3 is 2.54 bits per heavy atom. The Morgan fingerprint density at radius 1 is 1.15 bits per heavy atom. The number of carbonyl (C=O) groups excluding carboxylic acids is 1. The highest BCUT2D eigenvalue weighted by molar-refractivity contribution is 7.89. The van der Waals surface area contributed by atoms with Crippen molar-refractivity contribution in [1.82, 2.24) is 14.6 Å². The zero-order chi connectivity index (χ0) is 18.4. The summed E-state index contributed by atoms with van der Waals surface area (Å²) in [6.07, 6.45) is 3.93. The van der Waals surface area contributed by atoms with Gasteiger partial charge < -0.3 is 9.64 Å². The number of pyridine rings is 1. The van der Waals surface area contributed by atoms with Crippen molar-refractivity contribution in [3.63, 3.8) is 0 Å². The number of hydrogen-bond acceptors (Lipinski definition) is 5. The maximum absolute atomic E-state index is 12.2. The lowest BCUT2D eigenvalue weighted by Crippen LogP contribution is -2.42. The van der Waals surface area contributed by atoms with Gasteiger partial charge in [-0.05, 0) is 43.0 Å². The topological polar surface area (TPSA) is 88.6 Å². The number of sulfonamides is 1. The molecule has 1 N–H and O–H groups in total. The van der Waals surface area contributed by atoms with Crippen LogP contribution in [0.4, 0.5) is 4.79 Å². The second-order valence-electron chi connectivity index (χ2n) is 6.15. The summed E-state index contributed by atoms with van der Waals surface area (Å²) in [5.74, 6) is 0.700. The summed E-state index contributed by atoms with van der Waals surface area (Å²) in [5.41, 5.74) is 0. The van der Waals surface area contributed by atoms with Crippen LogP contribution in [0, 0.1) is 5.92 Å². The van der Waals surface area contributed by atoms with Gasteiger partial charge in [-0.3, -0.25) is 4.98 Å². The van der Waals surface area contributed by atoms with Gasteiger partial charge in [0.15, 0.2) is 0 Å². The van der Waals surface area contributed by atoms with Gasteiger partial charge in [0.25, 0.3) is 0 Å². The third-order valence-electron chi connectivity index (χ3n) is 4.33. The Kier molecular flexibility index (Phi) is 5.85. The molecular weight excluding hydrogens is 354 g/mol. The molecule has 7 nitrogen and oxygen atoms in total. The third-order valence-corrected chi connectivity index (χ3v) is 5.74. The average Bonchev–Trinajstić information content (AvgIpc) is 2.68. The Balaban J connectivity index is 1.46. The van der Waals surface area contributed by atoms with Crippen molar-refractivity contribution in [2.45, 2.75) is 17.7 Å². The van der Waals surface area contributed by atoms with E-state index in [2.05, 4.69) is 9.71 Å². The number of carbonyl (C=O) groups is 1. The summed E-state index contributed by atoms with van der Waals surface area (Å²) in [6, 6.07) is 12.0. The molecule has 1 amide bonds. The molecule has 1 aromatic heterocycles. The van der Waals surface area contributed by atoms with Gasteiger partial charge in [-0.2, -0.15) is 0 Å². The van der Waals surface area contributed by atoms with Crippen LogP contribution in [0.15, 0.2) is 59.8 Å². The van der Waals surface area contributed by atoms with E-state index in [9.17, 15) is 13.2 Å². The molecule has 8 heteroatoms. The zero-order valence-electron chi connectivity index (χ0n) is 14.2. The van der Waals surface area contributed by atoms with Crippen molar-refractivity contribution in [1.29, 1.82) is 0 Å². The predicted molar refractivity (Wildman–Crippen MR) is 96.2 cm³/mol. The second kappa shape index (κ2) is 8.29. The normalized spacial score (nSPS) is 15.6. The second-order valence-corrected chi connectivity index (χ2v) is 7.92. The predicted octanol–water partition coefficient (Wildman–Crippen LogP) is 2.27. The van der Waals surface area contributed by atoms with Crippen molar-refractivity contribution in [2.75, 3.05) is 19.6 Å². The molecule has 3 rings (SSSR count). The Morgan fingerprint density at radius 2 is 1.88 bits per heavy atom. The minimum Gasteiger partial charge on any atom is -0.410 e. The van der Waals surface area contributed by atoms with Crippen LogP contribution in [0.25, 0.3) is 0 Å².